The zero-order valence-electron chi connectivity index (χ0n) is 14.8. The smallest absolute Gasteiger partial charge is 0.181 e. The molecule has 0 saturated carbocycles. The SMILES string of the molecule is COc1ccc(O)c([Si](c2ccccc2)c2cc3ccccc3n2C)c1. The number of aryl methyl sites for hydroxylation is 1. The van der Waals surface area contributed by atoms with Gasteiger partial charge in [-0.25, -0.2) is 0 Å². The quantitative estimate of drug-likeness (QED) is 0.569. The van der Waals surface area contributed by atoms with Crippen LogP contribution >= 0.6 is 0 Å². The van der Waals surface area contributed by atoms with Crippen LogP contribution in [0.1, 0.15) is 0 Å². The van der Waals surface area contributed by atoms with Crippen LogP contribution in [0.15, 0.2) is 78.9 Å². The lowest BCUT2D eigenvalue weighted by atomic mass is 10.2. The summed E-state index contributed by atoms with van der Waals surface area (Å²) in [5.74, 6) is 1.07. The van der Waals surface area contributed by atoms with Crippen molar-refractivity contribution in [1.82, 2.24) is 4.57 Å². The highest BCUT2D eigenvalue weighted by molar-refractivity contribution is 6.95. The Morgan fingerprint density at radius 1 is 0.885 bits per heavy atom. The fourth-order valence-electron chi connectivity index (χ4n) is 3.42. The number of ether oxygens (including phenoxy) is 1. The summed E-state index contributed by atoms with van der Waals surface area (Å²) < 4.78 is 7.66. The standard InChI is InChI=1S/C22H20NO2Si/c1-23-19-11-7-6-8-16(19)14-22(23)26(18-9-4-3-5-10-18)21-15-17(25-2)12-13-20(21)24/h3-15,24H,1-2H3. The maximum absolute atomic E-state index is 10.6. The molecule has 0 aliphatic carbocycles. The number of para-hydroxylation sites is 1. The summed E-state index contributed by atoms with van der Waals surface area (Å²) in [5, 5.41) is 15.3. The third-order valence-corrected chi connectivity index (χ3v) is 7.59. The molecule has 26 heavy (non-hydrogen) atoms. The predicted octanol–water partition coefficient (Wildman–Crippen LogP) is 2.41. The van der Waals surface area contributed by atoms with E-state index >= 15 is 0 Å². The molecule has 0 amide bonds. The highest BCUT2D eigenvalue weighted by Gasteiger charge is 2.26. The van der Waals surface area contributed by atoms with Gasteiger partial charge in [0.1, 0.15) is 11.5 Å². The second kappa shape index (κ2) is 6.73. The molecule has 1 radical (unpaired) electrons. The molecule has 1 heterocycles. The molecule has 0 fully saturated rings. The second-order valence-corrected chi connectivity index (χ2v) is 8.65. The van der Waals surface area contributed by atoms with E-state index in [1.165, 1.54) is 21.4 Å². The first kappa shape index (κ1) is 16.5. The Labute approximate surface area is 154 Å². The van der Waals surface area contributed by atoms with E-state index < -0.39 is 8.80 Å². The average Bonchev–Trinajstić information content (AvgIpc) is 3.01. The van der Waals surface area contributed by atoms with Crippen molar-refractivity contribution in [2.24, 2.45) is 7.05 Å². The lowest BCUT2D eigenvalue weighted by Crippen LogP contribution is -2.54. The molecule has 1 aromatic heterocycles. The number of hydrogen-bond donors (Lipinski definition) is 1. The lowest BCUT2D eigenvalue weighted by Gasteiger charge is -2.19. The van der Waals surface area contributed by atoms with E-state index in [0.29, 0.717) is 5.75 Å². The van der Waals surface area contributed by atoms with Gasteiger partial charge in [-0.2, -0.15) is 0 Å². The number of aromatic nitrogens is 1. The summed E-state index contributed by atoms with van der Waals surface area (Å²) in [6, 6.07) is 26.5. The van der Waals surface area contributed by atoms with E-state index in [4.69, 9.17) is 4.74 Å². The first-order valence-corrected chi connectivity index (χ1v) is 10.0. The lowest BCUT2D eigenvalue weighted by molar-refractivity contribution is 0.413. The fraction of sp³-hybridized carbons (Fsp3) is 0.0909. The minimum Gasteiger partial charge on any atom is -0.508 e. The second-order valence-electron chi connectivity index (χ2n) is 6.27. The van der Waals surface area contributed by atoms with Crippen LogP contribution < -0.4 is 20.4 Å². The number of phenolic OH excluding ortho intramolecular Hbond substituents is 1. The van der Waals surface area contributed by atoms with Crippen molar-refractivity contribution >= 4 is 35.4 Å². The highest BCUT2D eigenvalue weighted by atomic mass is 28.3. The van der Waals surface area contributed by atoms with Crippen molar-refractivity contribution in [1.29, 1.82) is 0 Å². The van der Waals surface area contributed by atoms with E-state index in [2.05, 4.69) is 66.2 Å². The van der Waals surface area contributed by atoms with E-state index in [9.17, 15) is 5.11 Å². The predicted molar refractivity (Wildman–Crippen MR) is 109 cm³/mol. The van der Waals surface area contributed by atoms with Crippen molar-refractivity contribution < 1.29 is 9.84 Å². The number of nitrogens with zero attached hydrogens (tertiary/aromatic N) is 1. The topological polar surface area (TPSA) is 34.4 Å². The first-order valence-electron chi connectivity index (χ1n) is 8.53. The molecule has 3 nitrogen and oxygen atoms in total. The Morgan fingerprint density at radius 3 is 2.35 bits per heavy atom. The summed E-state index contributed by atoms with van der Waals surface area (Å²) in [7, 11) is 2.36. The Kier molecular flexibility index (Phi) is 4.27. The van der Waals surface area contributed by atoms with Gasteiger partial charge in [0.15, 0.2) is 8.80 Å². The van der Waals surface area contributed by atoms with E-state index in [-0.39, 0.29) is 0 Å². The van der Waals surface area contributed by atoms with Gasteiger partial charge in [-0.1, -0.05) is 48.5 Å². The van der Waals surface area contributed by atoms with Crippen LogP contribution in [0.4, 0.5) is 0 Å². The minimum atomic E-state index is -1.40. The minimum absolute atomic E-state index is 0.314. The Hall–Kier alpha value is -2.98. The molecular formula is C22H20NO2Si. The molecule has 0 saturated heterocycles. The monoisotopic (exact) mass is 358 g/mol. The van der Waals surface area contributed by atoms with Crippen LogP contribution in [0, 0.1) is 0 Å². The van der Waals surface area contributed by atoms with Crippen molar-refractivity contribution in [2.45, 2.75) is 0 Å². The molecule has 0 aliphatic heterocycles. The zero-order valence-corrected chi connectivity index (χ0v) is 15.8. The highest BCUT2D eigenvalue weighted by Crippen LogP contribution is 2.17. The van der Waals surface area contributed by atoms with E-state index in [1.54, 1.807) is 19.2 Å². The van der Waals surface area contributed by atoms with E-state index in [0.717, 1.165) is 10.9 Å². The fourth-order valence-corrected chi connectivity index (χ4v) is 6.21. The third kappa shape index (κ3) is 2.78. The summed E-state index contributed by atoms with van der Waals surface area (Å²) in [6.07, 6.45) is 0. The Morgan fingerprint density at radius 2 is 1.62 bits per heavy atom. The van der Waals surface area contributed by atoms with Gasteiger partial charge in [-0.15, -0.1) is 0 Å². The Balaban J connectivity index is 1.99. The molecule has 4 heteroatoms. The molecule has 3 aromatic carbocycles. The van der Waals surface area contributed by atoms with Gasteiger partial charge in [0.05, 0.1) is 7.11 Å². The summed E-state index contributed by atoms with van der Waals surface area (Å²) >= 11 is 0. The number of hydrogen-bond acceptors (Lipinski definition) is 2. The first-order chi connectivity index (χ1) is 12.7. The molecule has 4 aromatic rings. The summed E-state index contributed by atoms with van der Waals surface area (Å²) in [6.45, 7) is 0. The largest absolute Gasteiger partial charge is 0.508 e. The van der Waals surface area contributed by atoms with Gasteiger partial charge in [-0.05, 0) is 46.1 Å². The molecule has 129 valence electrons. The summed E-state index contributed by atoms with van der Waals surface area (Å²) in [4.78, 5) is 0. The summed E-state index contributed by atoms with van der Waals surface area (Å²) in [5.41, 5.74) is 1.20. The molecule has 0 atom stereocenters. The van der Waals surface area contributed by atoms with Crippen LogP contribution in [0.2, 0.25) is 0 Å². The molecular weight excluding hydrogens is 338 g/mol. The van der Waals surface area contributed by atoms with Crippen LogP contribution in [0.25, 0.3) is 10.9 Å². The van der Waals surface area contributed by atoms with Crippen LogP contribution in [0.3, 0.4) is 0 Å². The van der Waals surface area contributed by atoms with Gasteiger partial charge >= 0.3 is 0 Å². The molecule has 0 bridgehead atoms. The number of phenols is 1. The zero-order chi connectivity index (χ0) is 18.1. The van der Waals surface area contributed by atoms with E-state index in [1.807, 2.05) is 12.1 Å². The molecule has 0 aliphatic rings. The van der Waals surface area contributed by atoms with Crippen LogP contribution in [-0.2, 0) is 7.05 Å². The normalized spacial score (nSPS) is 11.2. The number of fused-ring (bicyclic) bond motifs is 1. The van der Waals surface area contributed by atoms with Gasteiger partial charge in [0, 0.05) is 17.9 Å². The average molecular weight is 358 g/mol. The van der Waals surface area contributed by atoms with Crippen molar-refractivity contribution in [3.8, 4) is 11.5 Å². The van der Waals surface area contributed by atoms with Crippen molar-refractivity contribution in [3.63, 3.8) is 0 Å². The van der Waals surface area contributed by atoms with Crippen LogP contribution in [0.5, 0.6) is 11.5 Å². The Bertz CT molecular complexity index is 1060. The number of aromatic hydroxyl groups is 1. The molecule has 0 spiro atoms. The maximum Gasteiger partial charge on any atom is 0.181 e. The molecule has 4 rings (SSSR count). The van der Waals surface area contributed by atoms with Crippen molar-refractivity contribution in [2.75, 3.05) is 7.11 Å². The molecule has 0 unspecified atom stereocenters. The number of rotatable bonds is 4. The van der Waals surface area contributed by atoms with Gasteiger partial charge in [0.2, 0.25) is 0 Å². The maximum atomic E-state index is 10.6. The van der Waals surface area contributed by atoms with Gasteiger partial charge in [-0.3, -0.25) is 0 Å². The van der Waals surface area contributed by atoms with Crippen molar-refractivity contribution in [3.05, 3.63) is 78.9 Å². The van der Waals surface area contributed by atoms with Gasteiger partial charge in [0.25, 0.3) is 0 Å². The van der Waals surface area contributed by atoms with Gasteiger partial charge < -0.3 is 14.4 Å². The van der Waals surface area contributed by atoms with Crippen LogP contribution in [-0.4, -0.2) is 25.6 Å². The third-order valence-electron chi connectivity index (χ3n) is 4.74. The molecule has 1 N–H and O–H groups in total. The number of methoxy groups -OCH3 is 1. The number of benzene rings is 3.